The Morgan fingerprint density at radius 3 is 2.36 bits per heavy atom. The van der Waals surface area contributed by atoms with Crippen molar-refractivity contribution in [2.75, 3.05) is 0 Å². The molecular weight excluding hydrogens is 436 g/mol. The van der Waals surface area contributed by atoms with E-state index in [0.717, 1.165) is 32.9 Å². The first-order valence-corrected chi connectivity index (χ1v) is 11.1. The van der Waals surface area contributed by atoms with Crippen molar-refractivity contribution in [2.45, 2.75) is 20.8 Å². The normalized spacial score (nSPS) is 11.2. The van der Waals surface area contributed by atoms with Gasteiger partial charge in [-0.25, -0.2) is 4.79 Å². The van der Waals surface area contributed by atoms with Crippen LogP contribution in [-0.4, -0.2) is 22.0 Å². The Labute approximate surface area is 195 Å². The minimum absolute atomic E-state index is 0.117. The van der Waals surface area contributed by atoms with Crippen molar-refractivity contribution in [1.29, 1.82) is 0 Å². The molecule has 0 fully saturated rings. The van der Waals surface area contributed by atoms with E-state index in [1.54, 1.807) is 42.5 Å². The third kappa shape index (κ3) is 4.52. The fourth-order valence-electron chi connectivity index (χ4n) is 3.57. The van der Waals surface area contributed by atoms with E-state index in [2.05, 4.69) is 0 Å². The number of carboxylic acid groups (broad SMARTS) is 1. The molecule has 0 amide bonds. The highest BCUT2D eigenvalue weighted by atomic mass is 32.1. The molecule has 1 heterocycles. The summed E-state index contributed by atoms with van der Waals surface area (Å²) in [4.78, 5) is 24.8. The highest BCUT2D eigenvalue weighted by molar-refractivity contribution is 7.21. The molecule has 0 radical (unpaired) electrons. The number of aliphatic carboxylic acids is 1. The monoisotopic (exact) mass is 458 g/mol. The molecule has 2 N–H and O–H groups in total. The summed E-state index contributed by atoms with van der Waals surface area (Å²) >= 11 is 1.28. The van der Waals surface area contributed by atoms with Crippen molar-refractivity contribution >= 4 is 39.3 Å². The Morgan fingerprint density at radius 1 is 0.939 bits per heavy atom. The van der Waals surface area contributed by atoms with Gasteiger partial charge < -0.3 is 14.9 Å². The zero-order valence-electron chi connectivity index (χ0n) is 18.4. The molecule has 4 rings (SSSR count). The van der Waals surface area contributed by atoms with Crippen molar-refractivity contribution in [3.8, 4) is 17.2 Å². The van der Waals surface area contributed by atoms with Gasteiger partial charge in [0.15, 0.2) is 5.75 Å². The lowest BCUT2D eigenvalue weighted by atomic mass is 9.95. The van der Waals surface area contributed by atoms with Crippen LogP contribution in [0.5, 0.6) is 17.2 Å². The molecule has 6 heteroatoms. The average molecular weight is 459 g/mol. The molecule has 0 aliphatic rings. The van der Waals surface area contributed by atoms with Gasteiger partial charge in [-0.2, -0.15) is 0 Å². The maximum atomic E-state index is 13.6. The van der Waals surface area contributed by atoms with Crippen LogP contribution in [0.4, 0.5) is 0 Å². The van der Waals surface area contributed by atoms with Crippen LogP contribution in [0.25, 0.3) is 16.2 Å². The molecule has 0 spiro atoms. The van der Waals surface area contributed by atoms with Crippen LogP contribution in [0.3, 0.4) is 0 Å². The number of hydrogen-bond donors (Lipinski definition) is 2. The molecule has 33 heavy (non-hydrogen) atoms. The van der Waals surface area contributed by atoms with Crippen molar-refractivity contribution in [3.63, 3.8) is 0 Å². The molecule has 5 nitrogen and oxygen atoms in total. The standard InChI is InChI=1S/C27H22O5S/c1-15-4-11-21(17(3)16(15)2)25(31)27-26(22-12-8-19(28)14-23(22)33-27)32-20-9-5-18(6-10-20)7-13-24(29)30/h4-14,28H,1-3H3,(H,29,30)/b13-7+. The van der Waals surface area contributed by atoms with Crippen molar-refractivity contribution < 1.29 is 24.5 Å². The lowest BCUT2D eigenvalue weighted by Crippen LogP contribution is -2.05. The van der Waals surface area contributed by atoms with Gasteiger partial charge in [-0.1, -0.05) is 24.3 Å². The number of hydrogen-bond acceptors (Lipinski definition) is 5. The van der Waals surface area contributed by atoms with Gasteiger partial charge in [0.25, 0.3) is 0 Å². The molecule has 4 aromatic rings. The number of phenols is 1. The Kier molecular flexibility index (Phi) is 6.03. The zero-order chi connectivity index (χ0) is 23.7. The van der Waals surface area contributed by atoms with E-state index in [-0.39, 0.29) is 11.5 Å². The Balaban J connectivity index is 1.78. The summed E-state index contributed by atoms with van der Waals surface area (Å²) in [5.74, 6) is -0.0841. The predicted octanol–water partition coefficient (Wildman–Crippen LogP) is 6.65. The maximum absolute atomic E-state index is 13.6. The van der Waals surface area contributed by atoms with Gasteiger partial charge in [0.2, 0.25) is 5.78 Å². The highest BCUT2D eigenvalue weighted by Crippen LogP contribution is 2.43. The predicted molar refractivity (Wildman–Crippen MR) is 131 cm³/mol. The molecule has 0 saturated carbocycles. The summed E-state index contributed by atoms with van der Waals surface area (Å²) in [6.07, 6.45) is 2.56. The van der Waals surface area contributed by atoms with Gasteiger partial charge >= 0.3 is 5.97 Å². The smallest absolute Gasteiger partial charge is 0.328 e. The van der Waals surface area contributed by atoms with E-state index in [4.69, 9.17) is 9.84 Å². The molecule has 0 saturated heterocycles. The molecule has 0 aliphatic heterocycles. The number of benzene rings is 3. The number of fused-ring (bicyclic) bond motifs is 1. The first kappa shape index (κ1) is 22.3. The van der Waals surface area contributed by atoms with Gasteiger partial charge in [-0.15, -0.1) is 11.3 Å². The number of rotatable bonds is 6. The summed E-state index contributed by atoms with van der Waals surface area (Å²) in [6.45, 7) is 5.96. The lowest BCUT2D eigenvalue weighted by molar-refractivity contribution is -0.131. The van der Waals surface area contributed by atoms with Crippen LogP contribution < -0.4 is 4.74 Å². The second kappa shape index (κ2) is 8.92. The van der Waals surface area contributed by atoms with E-state index >= 15 is 0 Å². The van der Waals surface area contributed by atoms with Crippen LogP contribution in [0.2, 0.25) is 0 Å². The number of carboxylic acids is 1. The fraction of sp³-hybridized carbons (Fsp3) is 0.111. The van der Waals surface area contributed by atoms with Crippen molar-refractivity contribution in [1.82, 2.24) is 0 Å². The largest absolute Gasteiger partial charge is 0.508 e. The van der Waals surface area contributed by atoms with Gasteiger partial charge in [-0.3, -0.25) is 4.79 Å². The Morgan fingerprint density at radius 2 is 1.67 bits per heavy atom. The number of ether oxygens (including phenoxy) is 1. The Hall–Kier alpha value is -3.90. The molecule has 1 aromatic heterocycles. The maximum Gasteiger partial charge on any atom is 0.328 e. The van der Waals surface area contributed by atoms with Gasteiger partial charge in [-0.05, 0) is 79.4 Å². The van der Waals surface area contributed by atoms with Crippen molar-refractivity contribution in [2.24, 2.45) is 0 Å². The molecule has 166 valence electrons. The molecule has 0 bridgehead atoms. The first-order chi connectivity index (χ1) is 15.7. The number of thiophene rings is 1. The average Bonchev–Trinajstić information content (AvgIpc) is 3.14. The summed E-state index contributed by atoms with van der Waals surface area (Å²) in [5.41, 5.74) is 4.46. The summed E-state index contributed by atoms with van der Waals surface area (Å²) < 4.78 is 6.93. The third-order valence-corrected chi connectivity index (χ3v) is 6.79. The quantitative estimate of drug-likeness (QED) is 0.249. The van der Waals surface area contributed by atoms with E-state index in [1.165, 1.54) is 17.4 Å². The van der Waals surface area contributed by atoms with Crippen LogP contribution in [0.15, 0.2) is 60.7 Å². The SMILES string of the molecule is Cc1ccc(C(=O)c2sc3cc(O)ccc3c2Oc2ccc(/C=C/C(=O)O)cc2)c(C)c1C. The van der Waals surface area contributed by atoms with E-state index in [0.29, 0.717) is 27.5 Å². The summed E-state index contributed by atoms with van der Waals surface area (Å²) in [6, 6.07) is 15.6. The fourth-order valence-corrected chi connectivity index (χ4v) is 4.69. The van der Waals surface area contributed by atoms with E-state index in [1.807, 2.05) is 32.9 Å². The zero-order valence-corrected chi connectivity index (χ0v) is 19.2. The topological polar surface area (TPSA) is 83.8 Å². The number of aromatic hydroxyl groups is 1. The molecule has 3 aromatic carbocycles. The second-order valence-corrected chi connectivity index (χ2v) is 8.84. The number of phenolic OH excluding ortho intramolecular Hbond substituents is 1. The summed E-state index contributed by atoms with van der Waals surface area (Å²) in [7, 11) is 0. The number of aryl methyl sites for hydroxylation is 1. The summed E-state index contributed by atoms with van der Waals surface area (Å²) in [5, 5.41) is 19.5. The van der Waals surface area contributed by atoms with Crippen LogP contribution >= 0.6 is 11.3 Å². The van der Waals surface area contributed by atoms with Gasteiger partial charge in [0.1, 0.15) is 16.4 Å². The molecular formula is C27H22O5S. The minimum atomic E-state index is -1.02. The molecule has 0 aliphatic carbocycles. The second-order valence-electron chi connectivity index (χ2n) is 7.79. The highest BCUT2D eigenvalue weighted by Gasteiger charge is 2.24. The number of ketones is 1. The number of carbonyl (C=O) groups excluding carboxylic acids is 1. The van der Waals surface area contributed by atoms with Gasteiger partial charge in [0.05, 0.1) is 0 Å². The van der Waals surface area contributed by atoms with E-state index < -0.39 is 5.97 Å². The van der Waals surface area contributed by atoms with Crippen LogP contribution in [0.1, 0.15) is 37.5 Å². The molecule has 0 unspecified atom stereocenters. The minimum Gasteiger partial charge on any atom is -0.508 e. The van der Waals surface area contributed by atoms with Gasteiger partial charge in [0, 0.05) is 21.7 Å². The van der Waals surface area contributed by atoms with Crippen LogP contribution in [0, 0.1) is 20.8 Å². The van der Waals surface area contributed by atoms with Crippen LogP contribution in [-0.2, 0) is 4.79 Å². The Bertz CT molecular complexity index is 1410. The lowest BCUT2D eigenvalue weighted by Gasteiger charge is -2.12. The van der Waals surface area contributed by atoms with Crippen molar-refractivity contribution in [3.05, 3.63) is 93.4 Å². The first-order valence-electron chi connectivity index (χ1n) is 10.3. The number of carbonyl (C=O) groups is 2. The third-order valence-electron chi connectivity index (χ3n) is 5.66. The molecule has 0 atom stereocenters. The van der Waals surface area contributed by atoms with E-state index in [9.17, 15) is 14.7 Å².